The second kappa shape index (κ2) is 10.6. The van der Waals surface area contributed by atoms with E-state index in [1.165, 1.54) is 6.33 Å². The van der Waals surface area contributed by atoms with E-state index in [1.54, 1.807) is 20.0 Å². The van der Waals surface area contributed by atoms with Gasteiger partial charge < -0.3 is 10.2 Å². The van der Waals surface area contributed by atoms with Crippen LogP contribution in [0, 0.1) is 6.07 Å². The van der Waals surface area contributed by atoms with Crippen LogP contribution in [0.5, 0.6) is 0 Å². The molecular formula is C15H19IrN2O2-. The molecule has 0 amide bonds. The molecule has 1 heterocycles. The Morgan fingerprint density at radius 3 is 2.25 bits per heavy atom. The summed E-state index contributed by atoms with van der Waals surface area (Å²) in [5.74, 6) is 0. The third-order valence-corrected chi connectivity index (χ3v) is 2.25. The van der Waals surface area contributed by atoms with E-state index in [0.717, 1.165) is 11.3 Å². The normalized spacial score (nSPS) is 12.4. The van der Waals surface area contributed by atoms with Crippen molar-refractivity contribution in [2.75, 3.05) is 0 Å². The fraction of sp³-hybridized carbons (Fsp3) is 0.333. The van der Waals surface area contributed by atoms with Crippen LogP contribution in [-0.4, -0.2) is 32.4 Å². The number of benzene rings is 1. The largest absolute Gasteiger partial charge is 0.393 e. The number of aliphatic hydroxyl groups is 2. The summed E-state index contributed by atoms with van der Waals surface area (Å²) >= 11 is 0. The van der Waals surface area contributed by atoms with Gasteiger partial charge in [-0.1, -0.05) is 6.07 Å². The van der Waals surface area contributed by atoms with Crippen molar-refractivity contribution in [2.24, 2.45) is 0 Å². The molecule has 4 nitrogen and oxygen atoms in total. The minimum Gasteiger partial charge on any atom is -0.393 e. The molecule has 1 aromatic carbocycles. The number of hydrogen-bond donors (Lipinski definition) is 2. The Labute approximate surface area is 133 Å². The first-order valence-electron chi connectivity index (χ1n) is 6.19. The van der Waals surface area contributed by atoms with E-state index in [0.29, 0.717) is 6.42 Å². The molecule has 2 aromatic rings. The molecule has 0 aliphatic carbocycles. The first-order chi connectivity index (χ1) is 9.09. The molecule has 0 bridgehead atoms. The summed E-state index contributed by atoms with van der Waals surface area (Å²) < 4.78 is 0. The number of rotatable bonds is 3. The summed E-state index contributed by atoms with van der Waals surface area (Å²) in [6.07, 6.45) is 2.99. The molecule has 0 spiro atoms. The maximum atomic E-state index is 8.56. The van der Waals surface area contributed by atoms with Crippen LogP contribution in [0.1, 0.15) is 20.3 Å². The standard InChI is InChI=1S/C10H7N2.C5H12O2.Ir/c1-2-4-9(5-3-1)10-6-7-11-8-12-10;1-4(6)3-5(2)7;/h1-4,6-8H;4-7H,3H2,1-2H3;/q-1;;. The second-order valence-corrected chi connectivity index (χ2v) is 4.30. The Kier molecular flexibility index (Phi) is 10.0. The maximum Gasteiger partial charge on any atom is 0.105 e. The van der Waals surface area contributed by atoms with E-state index in [4.69, 9.17) is 10.2 Å². The van der Waals surface area contributed by atoms with Crippen molar-refractivity contribution in [3.63, 3.8) is 0 Å². The second-order valence-electron chi connectivity index (χ2n) is 4.30. The van der Waals surface area contributed by atoms with Crippen LogP contribution in [0.3, 0.4) is 0 Å². The maximum absolute atomic E-state index is 8.56. The van der Waals surface area contributed by atoms with Gasteiger partial charge in [0.25, 0.3) is 0 Å². The number of hydrogen-bond acceptors (Lipinski definition) is 4. The zero-order chi connectivity index (χ0) is 14.1. The molecule has 2 atom stereocenters. The molecule has 5 heteroatoms. The summed E-state index contributed by atoms with van der Waals surface area (Å²) in [6.45, 7) is 3.32. The topological polar surface area (TPSA) is 66.2 Å². The Balaban J connectivity index is 0.000000396. The molecule has 1 aromatic heterocycles. The van der Waals surface area contributed by atoms with Gasteiger partial charge in [0.1, 0.15) is 6.33 Å². The first-order valence-corrected chi connectivity index (χ1v) is 6.19. The molecule has 2 N–H and O–H groups in total. The molecule has 1 radical (unpaired) electrons. The first kappa shape index (κ1) is 18.9. The van der Waals surface area contributed by atoms with Crippen molar-refractivity contribution in [3.05, 3.63) is 48.9 Å². The van der Waals surface area contributed by atoms with Gasteiger partial charge >= 0.3 is 0 Å². The van der Waals surface area contributed by atoms with Crippen molar-refractivity contribution in [2.45, 2.75) is 32.5 Å². The zero-order valence-electron chi connectivity index (χ0n) is 11.5. The molecule has 0 aliphatic rings. The minimum absolute atomic E-state index is 0. The Bertz CT molecular complexity index is 406. The van der Waals surface area contributed by atoms with Crippen molar-refractivity contribution in [1.82, 2.24) is 9.97 Å². The average molecular weight is 452 g/mol. The smallest absolute Gasteiger partial charge is 0.105 e. The molecular weight excluding hydrogens is 432 g/mol. The van der Waals surface area contributed by atoms with Crippen LogP contribution in [0.4, 0.5) is 0 Å². The van der Waals surface area contributed by atoms with Crippen molar-refractivity contribution in [3.8, 4) is 11.3 Å². The predicted octanol–water partition coefficient (Wildman–Crippen LogP) is 2.08. The van der Waals surface area contributed by atoms with Crippen LogP contribution in [0.15, 0.2) is 42.9 Å². The average Bonchev–Trinajstić information content (AvgIpc) is 2.40. The number of aliphatic hydroxyl groups excluding tert-OH is 2. The quantitative estimate of drug-likeness (QED) is 0.702. The van der Waals surface area contributed by atoms with Gasteiger partial charge in [0.05, 0.1) is 12.2 Å². The molecule has 0 fully saturated rings. The van der Waals surface area contributed by atoms with Gasteiger partial charge in [-0.05, 0) is 26.0 Å². The van der Waals surface area contributed by atoms with Gasteiger partial charge in [0, 0.05) is 26.3 Å². The minimum atomic E-state index is -0.375. The van der Waals surface area contributed by atoms with Gasteiger partial charge in [-0.2, -0.15) is 0 Å². The molecule has 0 aliphatic heterocycles. The van der Waals surface area contributed by atoms with Crippen LogP contribution < -0.4 is 0 Å². The van der Waals surface area contributed by atoms with Gasteiger partial charge in [-0.15, -0.1) is 35.9 Å². The van der Waals surface area contributed by atoms with E-state index >= 15 is 0 Å². The Morgan fingerprint density at radius 1 is 1.15 bits per heavy atom. The molecule has 0 saturated heterocycles. The van der Waals surface area contributed by atoms with Gasteiger partial charge in [0.2, 0.25) is 0 Å². The van der Waals surface area contributed by atoms with E-state index < -0.39 is 0 Å². The van der Waals surface area contributed by atoms with Crippen LogP contribution >= 0.6 is 0 Å². The fourth-order valence-corrected chi connectivity index (χ4v) is 1.50. The van der Waals surface area contributed by atoms with Crippen LogP contribution in [-0.2, 0) is 20.1 Å². The van der Waals surface area contributed by atoms with Crippen molar-refractivity contribution in [1.29, 1.82) is 0 Å². The number of nitrogens with zero attached hydrogens (tertiary/aromatic N) is 2. The zero-order valence-corrected chi connectivity index (χ0v) is 13.9. The number of aromatic nitrogens is 2. The van der Waals surface area contributed by atoms with Gasteiger partial charge in [0.15, 0.2) is 0 Å². The summed E-state index contributed by atoms with van der Waals surface area (Å²) in [7, 11) is 0. The third-order valence-electron chi connectivity index (χ3n) is 2.25. The molecule has 111 valence electrons. The summed E-state index contributed by atoms with van der Waals surface area (Å²) in [5, 5.41) is 17.1. The molecule has 0 saturated carbocycles. The molecule has 2 rings (SSSR count). The van der Waals surface area contributed by atoms with Crippen molar-refractivity contribution >= 4 is 0 Å². The fourth-order valence-electron chi connectivity index (χ4n) is 1.50. The summed E-state index contributed by atoms with van der Waals surface area (Å²) in [5.41, 5.74) is 1.91. The van der Waals surface area contributed by atoms with E-state index in [9.17, 15) is 0 Å². The summed E-state index contributed by atoms with van der Waals surface area (Å²) in [4.78, 5) is 7.95. The molecule has 20 heavy (non-hydrogen) atoms. The third kappa shape index (κ3) is 8.12. The van der Waals surface area contributed by atoms with E-state index in [2.05, 4.69) is 16.0 Å². The van der Waals surface area contributed by atoms with E-state index in [1.807, 2.05) is 30.3 Å². The van der Waals surface area contributed by atoms with E-state index in [-0.39, 0.29) is 32.3 Å². The Morgan fingerprint density at radius 2 is 1.85 bits per heavy atom. The Hall–Kier alpha value is -1.13. The van der Waals surface area contributed by atoms with Crippen LogP contribution in [0.25, 0.3) is 11.3 Å². The predicted molar refractivity (Wildman–Crippen MR) is 74.3 cm³/mol. The monoisotopic (exact) mass is 452 g/mol. The van der Waals surface area contributed by atoms with Crippen LogP contribution in [0.2, 0.25) is 0 Å². The SMILES string of the molecule is CC(O)CC(C)O.[Ir].[c-]1ccccc1-c1ccncn1. The summed E-state index contributed by atoms with van der Waals surface area (Å²) in [6, 6.07) is 12.7. The van der Waals surface area contributed by atoms with Gasteiger partial charge in [-0.3, -0.25) is 4.98 Å². The van der Waals surface area contributed by atoms with Gasteiger partial charge in [-0.25, -0.2) is 4.98 Å². The molecule has 2 unspecified atom stereocenters. The van der Waals surface area contributed by atoms with Crippen molar-refractivity contribution < 1.29 is 30.3 Å².